The molecule has 2 aromatic carbocycles. The van der Waals surface area contributed by atoms with Crippen LogP contribution < -0.4 is 9.47 Å². The number of imidazole rings is 1. The van der Waals surface area contributed by atoms with Gasteiger partial charge in [-0.2, -0.15) is 0 Å². The molecule has 1 amide bonds. The fourth-order valence-corrected chi connectivity index (χ4v) is 4.43. The van der Waals surface area contributed by atoms with Gasteiger partial charge < -0.3 is 19.4 Å². The maximum absolute atomic E-state index is 13.5. The highest BCUT2D eigenvalue weighted by molar-refractivity contribution is 5.79. The number of carbonyl (C=O) groups is 1. The zero-order chi connectivity index (χ0) is 20.9. The van der Waals surface area contributed by atoms with Crippen LogP contribution in [0.4, 0.5) is 4.39 Å². The number of fused-ring (bicyclic) bond motifs is 2. The summed E-state index contributed by atoms with van der Waals surface area (Å²) in [6, 6.07) is 10.1. The third-order valence-electron chi connectivity index (χ3n) is 5.76. The van der Waals surface area contributed by atoms with Crippen LogP contribution in [0.5, 0.6) is 11.5 Å². The molecule has 5 rings (SSSR count). The van der Waals surface area contributed by atoms with Gasteiger partial charge in [0.2, 0.25) is 0 Å². The molecule has 156 valence electrons. The molecule has 0 bridgehead atoms. The zero-order valence-corrected chi connectivity index (χ0v) is 17.1. The lowest BCUT2D eigenvalue weighted by molar-refractivity contribution is -0.134. The third-order valence-corrected chi connectivity index (χ3v) is 5.76. The van der Waals surface area contributed by atoms with Crippen LogP contribution in [0.3, 0.4) is 0 Å². The predicted molar refractivity (Wildman–Crippen MR) is 110 cm³/mol. The van der Waals surface area contributed by atoms with E-state index in [2.05, 4.69) is 9.97 Å². The molecular formula is C23H24FN3O3. The van der Waals surface area contributed by atoms with Gasteiger partial charge in [0, 0.05) is 18.5 Å². The number of H-pyrrole nitrogens is 1. The molecule has 7 heteroatoms. The number of para-hydroxylation sites is 1. The van der Waals surface area contributed by atoms with Crippen molar-refractivity contribution in [3.8, 4) is 11.5 Å². The van der Waals surface area contributed by atoms with Gasteiger partial charge in [-0.15, -0.1) is 0 Å². The van der Waals surface area contributed by atoms with Crippen molar-refractivity contribution in [1.82, 2.24) is 14.9 Å². The number of amides is 1. The van der Waals surface area contributed by atoms with E-state index in [0.29, 0.717) is 29.2 Å². The summed E-state index contributed by atoms with van der Waals surface area (Å²) in [6.45, 7) is 4.66. The van der Waals surface area contributed by atoms with E-state index in [9.17, 15) is 9.18 Å². The molecule has 2 aliphatic rings. The minimum Gasteiger partial charge on any atom is -0.483 e. The molecule has 2 aliphatic heterocycles. The van der Waals surface area contributed by atoms with E-state index in [1.807, 2.05) is 32.0 Å². The smallest absolute Gasteiger partial charge is 0.261 e. The number of hydrogen-bond donors (Lipinski definition) is 1. The molecule has 1 saturated heterocycles. The first kappa shape index (κ1) is 18.9. The highest BCUT2D eigenvalue weighted by Crippen LogP contribution is 2.42. The molecule has 30 heavy (non-hydrogen) atoms. The Morgan fingerprint density at radius 2 is 2.23 bits per heavy atom. The Morgan fingerprint density at radius 1 is 1.37 bits per heavy atom. The summed E-state index contributed by atoms with van der Waals surface area (Å²) >= 11 is 0. The molecule has 1 aromatic heterocycles. The number of halogens is 1. The van der Waals surface area contributed by atoms with Crippen molar-refractivity contribution < 1.29 is 18.7 Å². The highest BCUT2D eigenvalue weighted by Gasteiger charge is 2.34. The van der Waals surface area contributed by atoms with E-state index in [0.717, 1.165) is 30.6 Å². The SMILES string of the molecule is CC1(C)Cc2cccc(OCC(=O)N3CCCC3c3nc4ccc(F)cc4[nH]3)c2O1. The Bertz CT molecular complexity index is 1120. The van der Waals surface area contributed by atoms with Crippen LogP contribution in [0, 0.1) is 5.82 Å². The fourth-order valence-electron chi connectivity index (χ4n) is 4.43. The van der Waals surface area contributed by atoms with Gasteiger partial charge in [-0.25, -0.2) is 9.37 Å². The lowest BCUT2D eigenvalue weighted by Crippen LogP contribution is -2.35. The summed E-state index contributed by atoms with van der Waals surface area (Å²) in [5, 5.41) is 0. The zero-order valence-electron chi connectivity index (χ0n) is 17.1. The van der Waals surface area contributed by atoms with Crippen molar-refractivity contribution in [3.63, 3.8) is 0 Å². The van der Waals surface area contributed by atoms with Crippen LogP contribution in [0.1, 0.15) is 44.1 Å². The first-order valence-corrected chi connectivity index (χ1v) is 10.3. The van der Waals surface area contributed by atoms with E-state index in [4.69, 9.17) is 9.47 Å². The van der Waals surface area contributed by atoms with Crippen molar-refractivity contribution in [3.05, 3.63) is 53.6 Å². The number of aromatic nitrogens is 2. The number of ether oxygens (including phenoxy) is 2. The largest absolute Gasteiger partial charge is 0.483 e. The number of likely N-dealkylation sites (tertiary alicyclic amines) is 1. The number of hydrogen-bond acceptors (Lipinski definition) is 4. The second-order valence-corrected chi connectivity index (χ2v) is 8.60. The molecule has 1 atom stereocenters. The van der Waals surface area contributed by atoms with Gasteiger partial charge in [0.15, 0.2) is 18.1 Å². The van der Waals surface area contributed by atoms with Crippen LogP contribution in [-0.2, 0) is 11.2 Å². The minimum atomic E-state index is -0.314. The van der Waals surface area contributed by atoms with E-state index >= 15 is 0 Å². The van der Waals surface area contributed by atoms with E-state index in [1.54, 1.807) is 11.0 Å². The van der Waals surface area contributed by atoms with E-state index < -0.39 is 0 Å². The van der Waals surface area contributed by atoms with Crippen LogP contribution >= 0.6 is 0 Å². The van der Waals surface area contributed by atoms with Crippen LogP contribution in [0.15, 0.2) is 36.4 Å². The highest BCUT2D eigenvalue weighted by atomic mass is 19.1. The second kappa shape index (κ2) is 7.00. The number of aromatic amines is 1. The summed E-state index contributed by atoms with van der Waals surface area (Å²) in [5.41, 5.74) is 2.16. The predicted octanol–water partition coefficient (Wildman–Crippen LogP) is 4.16. The van der Waals surface area contributed by atoms with Crippen LogP contribution in [0.25, 0.3) is 11.0 Å². The lowest BCUT2D eigenvalue weighted by atomic mass is 10.0. The quantitative estimate of drug-likeness (QED) is 0.703. The Kier molecular flexibility index (Phi) is 4.41. The van der Waals surface area contributed by atoms with Gasteiger partial charge in [0.1, 0.15) is 17.2 Å². The van der Waals surface area contributed by atoms with Gasteiger partial charge in [0.25, 0.3) is 5.91 Å². The van der Waals surface area contributed by atoms with Crippen molar-refractivity contribution in [2.24, 2.45) is 0 Å². The van der Waals surface area contributed by atoms with Crippen molar-refractivity contribution in [2.45, 2.75) is 44.8 Å². The first-order chi connectivity index (χ1) is 14.4. The van der Waals surface area contributed by atoms with E-state index in [1.165, 1.54) is 12.1 Å². The first-order valence-electron chi connectivity index (χ1n) is 10.3. The third kappa shape index (κ3) is 3.38. The average Bonchev–Trinajstić information content (AvgIpc) is 3.40. The summed E-state index contributed by atoms with van der Waals surface area (Å²) in [4.78, 5) is 22.5. The molecule has 1 fully saturated rings. The minimum absolute atomic E-state index is 0.0639. The Hall–Kier alpha value is -3.09. The normalized spacial score (nSPS) is 19.7. The van der Waals surface area contributed by atoms with E-state index in [-0.39, 0.29) is 30.0 Å². The van der Waals surface area contributed by atoms with Gasteiger partial charge in [-0.1, -0.05) is 12.1 Å². The van der Waals surface area contributed by atoms with Gasteiger partial charge in [0.05, 0.1) is 17.1 Å². The van der Waals surface area contributed by atoms with Gasteiger partial charge in [-0.3, -0.25) is 4.79 Å². The molecule has 0 saturated carbocycles. The molecule has 1 N–H and O–H groups in total. The average molecular weight is 409 g/mol. The lowest BCUT2D eigenvalue weighted by Gasteiger charge is -2.23. The monoisotopic (exact) mass is 409 g/mol. The number of carbonyl (C=O) groups excluding carboxylic acids is 1. The number of benzene rings is 2. The molecule has 1 unspecified atom stereocenters. The Labute approximate surface area is 174 Å². The van der Waals surface area contributed by atoms with Crippen molar-refractivity contribution in [2.75, 3.05) is 13.2 Å². The number of nitrogens with zero attached hydrogens (tertiary/aromatic N) is 2. The Morgan fingerprint density at radius 3 is 3.10 bits per heavy atom. The second-order valence-electron chi connectivity index (χ2n) is 8.60. The van der Waals surface area contributed by atoms with Crippen LogP contribution in [0.2, 0.25) is 0 Å². The van der Waals surface area contributed by atoms with Crippen molar-refractivity contribution >= 4 is 16.9 Å². The molecule has 6 nitrogen and oxygen atoms in total. The molecule has 0 radical (unpaired) electrons. The molecule has 0 spiro atoms. The summed E-state index contributed by atoms with van der Waals surface area (Å²) < 4.78 is 25.4. The molecular weight excluding hydrogens is 385 g/mol. The molecule has 3 heterocycles. The Balaban J connectivity index is 1.31. The summed E-state index contributed by atoms with van der Waals surface area (Å²) in [7, 11) is 0. The maximum atomic E-state index is 13.5. The van der Waals surface area contributed by atoms with Crippen LogP contribution in [-0.4, -0.2) is 39.5 Å². The molecule has 0 aliphatic carbocycles. The summed E-state index contributed by atoms with van der Waals surface area (Å²) in [6.07, 6.45) is 2.51. The van der Waals surface area contributed by atoms with Gasteiger partial charge >= 0.3 is 0 Å². The number of nitrogens with one attached hydrogen (secondary N) is 1. The number of rotatable bonds is 4. The fraction of sp³-hybridized carbons (Fsp3) is 0.391. The van der Waals surface area contributed by atoms with Gasteiger partial charge in [-0.05, 0) is 51.0 Å². The topological polar surface area (TPSA) is 67.5 Å². The summed E-state index contributed by atoms with van der Waals surface area (Å²) in [5.74, 6) is 1.60. The molecule has 3 aromatic rings. The van der Waals surface area contributed by atoms with Crippen molar-refractivity contribution in [1.29, 1.82) is 0 Å². The standard InChI is InChI=1S/C23H24FN3O3/c1-23(2)12-14-5-3-7-19(21(14)30-23)29-13-20(28)27-10-4-6-18(27)22-25-16-9-8-15(24)11-17(16)26-22/h3,5,7-9,11,18H,4,6,10,12-13H2,1-2H3,(H,25,26). The maximum Gasteiger partial charge on any atom is 0.261 e.